The Bertz CT molecular complexity index is 671. The summed E-state index contributed by atoms with van der Waals surface area (Å²) in [6.07, 6.45) is 1.45. The van der Waals surface area contributed by atoms with Gasteiger partial charge in [0, 0.05) is 11.5 Å². The van der Waals surface area contributed by atoms with E-state index < -0.39 is 17.5 Å². The van der Waals surface area contributed by atoms with Gasteiger partial charge in [-0.25, -0.2) is 4.79 Å². The lowest BCUT2D eigenvalue weighted by Crippen LogP contribution is -2.40. The molecular weight excluding hydrogens is 304 g/mol. The van der Waals surface area contributed by atoms with Gasteiger partial charge in [0.2, 0.25) is 0 Å². The van der Waals surface area contributed by atoms with E-state index in [0.29, 0.717) is 15.8 Å². The Hall–Kier alpha value is -1.93. The summed E-state index contributed by atoms with van der Waals surface area (Å²) in [6.45, 7) is 1.57. The van der Waals surface area contributed by atoms with Gasteiger partial charge in [-0.2, -0.15) is 0 Å². The van der Waals surface area contributed by atoms with Crippen molar-refractivity contribution in [1.29, 1.82) is 0 Å². The fraction of sp³-hybridized carbons (Fsp3) is 0.273. The van der Waals surface area contributed by atoms with Crippen LogP contribution in [0.2, 0.25) is 4.34 Å². The lowest BCUT2D eigenvalue weighted by Gasteiger charge is -2.18. The highest BCUT2D eigenvalue weighted by Crippen LogP contribution is 2.30. The maximum atomic E-state index is 12.5. The zero-order chi connectivity index (χ0) is 14.3. The van der Waals surface area contributed by atoms with Crippen molar-refractivity contribution in [3.63, 3.8) is 0 Å². The molecule has 1 saturated heterocycles. The third-order valence-electron chi connectivity index (χ3n) is 3.11. The van der Waals surface area contributed by atoms with Crippen molar-refractivity contribution in [2.24, 2.45) is 0 Å². The minimum Gasteiger partial charge on any atom is -0.466 e. The van der Waals surface area contributed by atoms with Crippen LogP contribution in [-0.4, -0.2) is 26.4 Å². The molecule has 0 saturated carbocycles. The van der Waals surface area contributed by atoms with E-state index in [1.165, 1.54) is 6.26 Å². The lowest BCUT2D eigenvalue weighted by molar-refractivity contribution is -0.132. The first-order chi connectivity index (χ1) is 9.52. The molecule has 9 heteroatoms. The third kappa shape index (κ3) is 1.88. The number of halogens is 1. The van der Waals surface area contributed by atoms with Crippen LogP contribution in [-0.2, 0) is 16.9 Å². The van der Waals surface area contributed by atoms with E-state index in [0.717, 1.165) is 16.4 Å². The van der Waals surface area contributed by atoms with E-state index in [9.17, 15) is 9.59 Å². The lowest BCUT2D eigenvalue weighted by atomic mass is 9.99. The molecule has 0 radical (unpaired) electrons. The average Bonchev–Trinajstić information content (AvgIpc) is 3.09. The van der Waals surface area contributed by atoms with Crippen molar-refractivity contribution >= 4 is 35.1 Å². The molecule has 2 aromatic heterocycles. The molecule has 0 bridgehead atoms. The van der Waals surface area contributed by atoms with Crippen molar-refractivity contribution in [3.05, 3.63) is 34.2 Å². The molecule has 1 fully saturated rings. The third-order valence-corrected chi connectivity index (χ3v) is 4.09. The van der Waals surface area contributed by atoms with E-state index in [4.69, 9.17) is 16.0 Å². The molecule has 1 aliphatic heterocycles. The Balaban J connectivity index is 1.90. The summed E-state index contributed by atoms with van der Waals surface area (Å²) >= 11 is 6.89. The van der Waals surface area contributed by atoms with Crippen LogP contribution in [0.1, 0.15) is 18.4 Å². The molecule has 0 aromatic carbocycles. The molecule has 3 heterocycles. The van der Waals surface area contributed by atoms with Gasteiger partial charge in [-0.1, -0.05) is 16.1 Å². The van der Waals surface area contributed by atoms with E-state index in [1.54, 1.807) is 19.1 Å². The predicted molar refractivity (Wildman–Crippen MR) is 70.1 cm³/mol. The number of rotatable bonds is 3. The maximum absolute atomic E-state index is 12.5. The van der Waals surface area contributed by atoms with Crippen LogP contribution in [0.3, 0.4) is 0 Å². The number of carbonyl (C=O) groups excluding carboxylic acids is 2. The summed E-state index contributed by atoms with van der Waals surface area (Å²) in [6, 6.07) is 2.78. The molecule has 3 amide bonds. The number of imide groups is 1. The molecule has 3 rings (SSSR count). The van der Waals surface area contributed by atoms with E-state index in [1.807, 2.05) is 0 Å². The highest BCUT2D eigenvalue weighted by molar-refractivity contribution is 7.10. The van der Waals surface area contributed by atoms with Crippen LogP contribution in [0, 0.1) is 0 Å². The summed E-state index contributed by atoms with van der Waals surface area (Å²) in [5.74, 6) is -0.0395. The number of carbonyl (C=O) groups is 2. The molecule has 0 aliphatic carbocycles. The summed E-state index contributed by atoms with van der Waals surface area (Å²) in [5, 5.41) is 6.42. The standard InChI is InChI=1S/C11H9ClN4O3S/c1-11(7-3-2-4-19-7)9(17)16(10(18)13-11)5-6-8(12)20-15-14-6/h2-4H,5H2,1H3,(H,13,18). The van der Waals surface area contributed by atoms with Gasteiger partial charge in [-0.05, 0) is 19.1 Å². The van der Waals surface area contributed by atoms with Crippen LogP contribution < -0.4 is 5.32 Å². The van der Waals surface area contributed by atoms with Crippen LogP contribution in [0.4, 0.5) is 4.79 Å². The Kier molecular flexibility index (Phi) is 2.98. The van der Waals surface area contributed by atoms with Crippen molar-refractivity contribution in [1.82, 2.24) is 19.8 Å². The average molecular weight is 313 g/mol. The number of furan rings is 1. The van der Waals surface area contributed by atoms with E-state index in [2.05, 4.69) is 14.9 Å². The van der Waals surface area contributed by atoms with Gasteiger partial charge >= 0.3 is 6.03 Å². The first-order valence-electron chi connectivity index (χ1n) is 5.67. The van der Waals surface area contributed by atoms with E-state index in [-0.39, 0.29) is 6.54 Å². The maximum Gasteiger partial charge on any atom is 0.325 e. The van der Waals surface area contributed by atoms with Gasteiger partial charge in [0.15, 0.2) is 5.54 Å². The fourth-order valence-electron chi connectivity index (χ4n) is 2.01. The van der Waals surface area contributed by atoms with Gasteiger partial charge < -0.3 is 9.73 Å². The van der Waals surface area contributed by atoms with E-state index >= 15 is 0 Å². The van der Waals surface area contributed by atoms with Crippen molar-refractivity contribution < 1.29 is 14.0 Å². The van der Waals surface area contributed by atoms with Crippen molar-refractivity contribution in [2.75, 3.05) is 0 Å². The minimum absolute atomic E-state index is 0.0176. The highest BCUT2D eigenvalue weighted by Gasteiger charge is 2.51. The zero-order valence-corrected chi connectivity index (χ0v) is 11.9. The number of amides is 3. The van der Waals surface area contributed by atoms with Gasteiger partial charge in [0.25, 0.3) is 5.91 Å². The molecule has 2 aromatic rings. The number of urea groups is 1. The molecule has 20 heavy (non-hydrogen) atoms. The summed E-state index contributed by atoms with van der Waals surface area (Å²) < 4.78 is 9.26. The Labute approximate surface area is 122 Å². The molecule has 7 nitrogen and oxygen atoms in total. The molecule has 1 atom stereocenters. The number of nitrogens with zero attached hydrogens (tertiary/aromatic N) is 3. The second-order valence-electron chi connectivity index (χ2n) is 4.42. The SMILES string of the molecule is CC1(c2ccco2)NC(=O)N(Cc2nnsc2Cl)C1=O. The quantitative estimate of drug-likeness (QED) is 0.872. The van der Waals surface area contributed by atoms with Crippen LogP contribution >= 0.6 is 23.1 Å². The first-order valence-corrected chi connectivity index (χ1v) is 6.82. The number of hydrogen-bond acceptors (Lipinski definition) is 6. The monoisotopic (exact) mass is 312 g/mol. The van der Waals surface area contributed by atoms with Gasteiger partial charge in [0.05, 0.1) is 12.8 Å². The molecule has 1 aliphatic rings. The van der Waals surface area contributed by atoms with Crippen LogP contribution in [0.5, 0.6) is 0 Å². The normalized spacial score (nSPS) is 22.4. The topological polar surface area (TPSA) is 88.3 Å². The molecule has 104 valence electrons. The fourth-order valence-corrected chi connectivity index (χ4v) is 2.62. The van der Waals surface area contributed by atoms with Crippen molar-refractivity contribution in [2.45, 2.75) is 19.0 Å². The van der Waals surface area contributed by atoms with Crippen LogP contribution in [0.15, 0.2) is 22.8 Å². The number of hydrogen-bond donors (Lipinski definition) is 1. The largest absolute Gasteiger partial charge is 0.466 e. The molecule has 1 N–H and O–H groups in total. The summed E-state index contributed by atoms with van der Waals surface area (Å²) in [4.78, 5) is 25.5. The van der Waals surface area contributed by atoms with Crippen molar-refractivity contribution in [3.8, 4) is 0 Å². The summed E-state index contributed by atoms with van der Waals surface area (Å²) in [5.41, 5.74) is -0.819. The predicted octanol–water partition coefficient (Wildman–Crippen LogP) is 1.75. The van der Waals surface area contributed by atoms with Gasteiger partial charge in [-0.15, -0.1) is 5.10 Å². The van der Waals surface area contributed by atoms with Gasteiger partial charge in [-0.3, -0.25) is 9.69 Å². The molecular formula is C11H9ClN4O3S. The smallest absolute Gasteiger partial charge is 0.325 e. The first kappa shape index (κ1) is 13.1. The second-order valence-corrected chi connectivity index (χ2v) is 5.77. The second kappa shape index (κ2) is 4.57. The molecule has 1 unspecified atom stereocenters. The Morgan fingerprint density at radius 2 is 2.35 bits per heavy atom. The minimum atomic E-state index is -1.21. The Morgan fingerprint density at radius 1 is 1.55 bits per heavy atom. The number of aromatic nitrogens is 2. The molecule has 0 spiro atoms. The number of nitrogens with one attached hydrogen (secondary N) is 1. The van der Waals surface area contributed by atoms with Crippen LogP contribution in [0.25, 0.3) is 0 Å². The Morgan fingerprint density at radius 3 is 2.95 bits per heavy atom. The zero-order valence-electron chi connectivity index (χ0n) is 10.3. The summed E-state index contributed by atoms with van der Waals surface area (Å²) in [7, 11) is 0. The highest BCUT2D eigenvalue weighted by atomic mass is 35.5. The van der Waals surface area contributed by atoms with Gasteiger partial charge in [0.1, 0.15) is 15.8 Å².